The Labute approximate surface area is 149 Å². The van der Waals surface area contributed by atoms with Crippen LogP contribution in [0.15, 0.2) is 53.9 Å². The van der Waals surface area contributed by atoms with Crippen LogP contribution in [-0.4, -0.2) is 25.0 Å². The standard InChI is InChI=1S/C18H16ClN3OS/c1-22(2)15-9-5-13(6-10-15)17(23)21-18-20-16(11-24-18)12-3-7-14(19)8-4-12/h3-11H,1-2H3,(H,20,21,23). The molecule has 122 valence electrons. The topological polar surface area (TPSA) is 45.2 Å². The molecule has 24 heavy (non-hydrogen) atoms. The third-order valence-corrected chi connectivity index (χ3v) is 4.52. The number of amides is 1. The Morgan fingerprint density at radius 2 is 1.75 bits per heavy atom. The van der Waals surface area contributed by atoms with E-state index in [9.17, 15) is 4.79 Å². The number of carbonyl (C=O) groups excluding carboxylic acids is 1. The molecule has 0 atom stereocenters. The molecule has 1 heterocycles. The van der Waals surface area contributed by atoms with Crippen molar-refractivity contribution in [3.8, 4) is 11.3 Å². The predicted molar refractivity (Wildman–Crippen MR) is 101 cm³/mol. The van der Waals surface area contributed by atoms with Gasteiger partial charge >= 0.3 is 0 Å². The number of nitrogens with zero attached hydrogens (tertiary/aromatic N) is 2. The molecule has 0 unspecified atom stereocenters. The van der Waals surface area contributed by atoms with E-state index in [1.165, 1.54) is 11.3 Å². The van der Waals surface area contributed by atoms with Gasteiger partial charge in [0.05, 0.1) is 5.69 Å². The van der Waals surface area contributed by atoms with Gasteiger partial charge in [0, 0.05) is 41.3 Å². The first-order valence-electron chi connectivity index (χ1n) is 7.33. The van der Waals surface area contributed by atoms with Crippen LogP contribution in [0.2, 0.25) is 5.02 Å². The maximum absolute atomic E-state index is 12.3. The summed E-state index contributed by atoms with van der Waals surface area (Å²) >= 11 is 7.29. The highest BCUT2D eigenvalue weighted by Crippen LogP contribution is 2.26. The molecule has 3 rings (SSSR count). The number of thiazole rings is 1. The van der Waals surface area contributed by atoms with Gasteiger partial charge in [0.1, 0.15) is 0 Å². The lowest BCUT2D eigenvalue weighted by atomic mass is 10.2. The number of hydrogen-bond acceptors (Lipinski definition) is 4. The van der Waals surface area contributed by atoms with E-state index in [2.05, 4.69) is 10.3 Å². The van der Waals surface area contributed by atoms with Gasteiger partial charge in [-0.2, -0.15) is 0 Å². The number of hydrogen-bond donors (Lipinski definition) is 1. The smallest absolute Gasteiger partial charge is 0.257 e. The monoisotopic (exact) mass is 357 g/mol. The molecule has 0 aliphatic rings. The molecular weight excluding hydrogens is 342 g/mol. The van der Waals surface area contributed by atoms with Crippen molar-refractivity contribution in [1.29, 1.82) is 0 Å². The SMILES string of the molecule is CN(C)c1ccc(C(=O)Nc2nc(-c3ccc(Cl)cc3)cs2)cc1. The molecule has 6 heteroatoms. The molecule has 2 aromatic carbocycles. The number of halogens is 1. The van der Waals surface area contributed by atoms with Crippen LogP contribution < -0.4 is 10.2 Å². The highest BCUT2D eigenvalue weighted by molar-refractivity contribution is 7.14. The Morgan fingerprint density at radius 3 is 2.38 bits per heavy atom. The summed E-state index contributed by atoms with van der Waals surface area (Å²) in [5.41, 5.74) is 3.43. The van der Waals surface area contributed by atoms with Crippen LogP contribution in [0.25, 0.3) is 11.3 Å². The van der Waals surface area contributed by atoms with E-state index < -0.39 is 0 Å². The molecule has 0 bridgehead atoms. The van der Waals surface area contributed by atoms with Crippen LogP contribution in [-0.2, 0) is 0 Å². The molecule has 0 saturated carbocycles. The van der Waals surface area contributed by atoms with Crippen LogP contribution in [0.3, 0.4) is 0 Å². The number of anilines is 2. The quantitative estimate of drug-likeness (QED) is 0.730. The fourth-order valence-electron chi connectivity index (χ4n) is 2.16. The molecule has 1 N–H and O–H groups in total. The molecule has 4 nitrogen and oxygen atoms in total. The molecule has 0 radical (unpaired) electrons. The van der Waals surface area contributed by atoms with Crippen LogP contribution >= 0.6 is 22.9 Å². The van der Waals surface area contributed by atoms with Crippen molar-refractivity contribution < 1.29 is 4.79 Å². The molecule has 0 aliphatic carbocycles. The molecule has 0 saturated heterocycles. The van der Waals surface area contributed by atoms with Crippen LogP contribution in [0, 0.1) is 0 Å². The summed E-state index contributed by atoms with van der Waals surface area (Å²) in [7, 11) is 3.92. The van der Waals surface area contributed by atoms with E-state index in [1.807, 2.05) is 60.8 Å². The Balaban J connectivity index is 1.72. The average Bonchev–Trinajstić information content (AvgIpc) is 3.04. The highest BCUT2D eigenvalue weighted by atomic mass is 35.5. The summed E-state index contributed by atoms with van der Waals surface area (Å²) < 4.78 is 0. The first kappa shape index (κ1) is 16.5. The number of aromatic nitrogens is 1. The van der Waals surface area contributed by atoms with Gasteiger partial charge < -0.3 is 4.90 Å². The molecule has 3 aromatic rings. The van der Waals surface area contributed by atoms with E-state index in [-0.39, 0.29) is 5.91 Å². The largest absolute Gasteiger partial charge is 0.378 e. The van der Waals surface area contributed by atoms with Crippen molar-refractivity contribution >= 4 is 39.7 Å². The zero-order valence-corrected chi connectivity index (χ0v) is 14.9. The van der Waals surface area contributed by atoms with Gasteiger partial charge in [0.15, 0.2) is 5.13 Å². The van der Waals surface area contributed by atoms with Crippen molar-refractivity contribution in [1.82, 2.24) is 4.98 Å². The molecule has 0 aliphatic heterocycles. The second kappa shape index (κ2) is 7.03. The van der Waals surface area contributed by atoms with Crippen molar-refractivity contribution in [3.05, 3.63) is 64.5 Å². The first-order valence-corrected chi connectivity index (χ1v) is 8.59. The van der Waals surface area contributed by atoms with Gasteiger partial charge in [-0.25, -0.2) is 4.98 Å². The summed E-state index contributed by atoms with van der Waals surface area (Å²) in [6.07, 6.45) is 0. The fraction of sp³-hybridized carbons (Fsp3) is 0.111. The number of nitrogens with one attached hydrogen (secondary N) is 1. The van der Waals surface area contributed by atoms with Crippen molar-refractivity contribution in [2.24, 2.45) is 0 Å². The zero-order valence-electron chi connectivity index (χ0n) is 13.3. The van der Waals surface area contributed by atoms with E-state index in [1.54, 1.807) is 12.1 Å². The zero-order chi connectivity index (χ0) is 17.1. The number of benzene rings is 2. The van der Waals surface area contributed by atoms with Gasteiger partial charge in [-0.3, -0.25) is 10.1 Å². The van der Waals surface area contributed by atoms with Crippen molar-refractivity contribution in [2.75, 3.05) is 24.3 Å². The Bertz CT molecular complexity index is 841. The Morgan fingerprint density at radius 1 is 1.08 bits per heavy atom. The molecular formula is C18H16ClN3OS. The van der Waals surface area contributed by atoms with Crippen LogP contribution in [0.1, 0.15) is 10.4 Å². The highest BCUT2D eigenvalue weighted by Gasteiger charge is 2.10. The fourth-order valence-corrected chi connectivity index (χ4v) is 3.01. The number of rotatable bonds is 4. The van der Waals surface area contributed by atoms with E-state index >= 15 is 0 Å². The van der Waals surface area contributed by atoms with Crippen molar-refractivity contribution in [2.45, 2.75) is 0 Å². The molecule has 1 aromatic heterocycles. The third kappa shape index (κ3) is 3.75. The average molecular weight is 358 g/mol. The second-order valence-electron chi connectivity index (χ2n) is 5.44. The summed E-state index contributed by atoms with van der Waals surface area (Å²) in [4.78, 5) is 18.8. The second-order valence-corrected chi connectivity index (χ2v) is 6.73. The minimum Gasteiger partial charge on any atom is -0.378 e. The summed E-state index contributed by atoms with van der Waals surface area (Å²) in [5, 5.41) is 6.00. The molecule has 0 spiro atoms. The predicted octanol–water partition coefficient (Wildman–Crippen LogP) is 4.78. The van der Waals surface area contributed by atoms with E-state index in [4.69, 9.17) is 11.6 Å². The van der Waals surface area contributed by atoms with Gasteiger partial charge in [-0.15, -0.1) is 11.3 Å². The first-order chi connectivity index (χ1) is 11.5. The van der Waals surface area contributed by atoms with Crippen molar-refractivity contribution in [3.63, 3.8) is 0 Å². The van der Waals surface area contributed by atoms with Gasteiger partial charge in [0.25, 0.3) is 5.91 Å². The summed E-state index contributed by atoms with van der Waals surface area (Å²) in [5.74, 6) is -0.169. The number of carbonyl (C=O) groups is 1. The van der Waals surface area contributed by atoms with Gasteiger partial charge in [-0.1, -0.05) is 23.7 Å². The van der Waals surface area contributed by atoms with E-state index in [0.29, 0.717) is 15.7 Å². The Kier molecular flexibility index (Phi) is 4.83. The Hall–Kier alpha value is -2.37. The molecule has 1 amide bonds. The molecule has 0 fully saturated rings. The summed E-state index contributed by atoms with van der Waals surface area (Å²) in [6, 6.07) is 14.9. The minimum atomic E-state index is -0.169. The minimum absolute atomic E-state index is 0.169. The third-order valence-electron chi connectivity index (χ3n) is 3.51. The lowest BCUT2D eigenvalue weighted by Gasteiger charge is -2.12. The van der Waals surface area contributed by atoms with Crippen LogP contribution in [0.4, 0.5) is 10.8 Å². The maximum Gasteiger partial charge on any atom is 0.257 e. The normalized spacial score (nSPS) is 10.5. The summed E-state index contributed by atoms with van der Waals surface area (Å²) in [6.45, 7) is 0. The lowest BCUT2D eigenvalue weighted by molar-refractivity contribution is 0.102. The lowest BCUT2D eigenvalue weighted by Crippen LogP contribution is -2.13. The van der Waals surface area contributed by atoms with Gasteiger partial charge in [-0.05, 0) is 36.4 Å². The van der Waals surface area contributed by atoms with E-state index in [0.717, 1.165) is 16.9 Å². The maximum atomic E-state index is 12.3. The van der Waals surface area contributed by atoms with Gasteiger partial charge in [0.2, 0.25) is 0 Å². The van der Waals surface area contributed by atoms with Crippen LogP contribution in [0.5, 0.6) is 0 Å².